The molecule has 0 aliphatic heterocycles. The number of rotatable bonds is 5. The van der Waals surface area contributed by atoms with Gasteiger partial charge in [-0.05, 0) is 31.5 Å². The summed E-state index contributed by atoms with van der Waals surface area (Å²) in [5.74, 6) is 0.598. The molecular formula is C17H18O2S. The Bertz CT molecular complexity index is 591. The molecule has 0 aromatic heterocycles. The Hall–Kier alpha value is -1.58. The van der Waals surface area contributed by atoms with Gasteiger partial charge in [0.25, 0.3) is 0 Å². The predicted molar refractivity (Wildman–Crippen MR) is 83.2 cm³/mol. The van der Waals surface area contributed by atoms with Crippen LogP contribution in [0.5, 0.6) is 0 Å². The van der Waals surface area contributed by atoms with Crippen molar-refractivity contribution in [1.82, 2.24) is 0 Å². The molecule has 20 heavy (non-hydrogen) atoms. The Labute approximate surface area is 123 Å². The maximum atomic E-state index is 11.4. The van der Waals surface area contributed by atoms with E-state index in [-0.39, 0.29) is 5.78 Å². The molecule has 0 amide bonds. The number of hydrogen-bond donors (Lipinski definition) is 1. The van der Waals surface area contributed by atoms with Gasteiger partial charge in [0.05, 0.1) is 5.60 Å². The van der Waals surface area contributed by atoms with Crippen molar-refractivity contribution < 1.29 is 9.90 Å². The lowest BCUT2D eigenvalue weighted by Gasteiger charge is -2.23. The summed E-state index contributed by atoms with van der Waals surface area (Å²) in [7, 11) is 0. The highest BCUT2D eigenvalue weighted by molar-refractivity contribution is 7.99. The van der Waals surface area contributed by atoms with Crippen LogP contribution in [0, 0.1) is 0 Å². The Morgan fingerprint density at radius 3 is 2.50 bits per heavy atom. The SMILES string of the molecule is CC(=O)c1cccc(SCC(C)(O)c2ccccc2)c1. The first-order chi connectivity index (χ1) is 9.49. The summed E-state index contributed by atoms with van der Waals surface area (Å²) in [6, 6.07) is 17.1. The second-order valence-electron chi connectivity index (χ2n) is 5.01. The third-order valence-corrected chi connectivity index (χ3v) is 4.45. The summed E-state index contributed by atoms with van der Waals surface area (Å²) in [6.45, 7) is 3.37. The quantitative estimate of drug-likeness (QED) is 0.669. The van der Waals surface area contributed by atoms with Crippen molar-refractivity contribution in [1.29, 1.82) is 0 Å². The van der Waals surface area contributed by atoms with Gasteiger partial charge in [-0.2, -0.15) is 0 Å². The van der Waals surface area contributed by atoms with Gasteiger partial charge in [0.1, 0.15) is 0 Å². The molecule has 2 nitrogen and oxygen atoms in total. The second-order valence-corrected chi connectivity index (χ2v) is 6.06. The van der Waals surface area contributed by atoms with Crippen molar-refractivity contribution in [2.45, 2.75) is 24.3 Å². The minimum absolute atomic E-state index is 0.0577. The van der Waals surface area contributed by atoms with E-state index < -0.39 is 5.60 Å². The maximum absolute atomic E-state index is 11.4. The zero-order valence-corrected chi connectivity index (χ0v) is 12.5. The van der Waals surface area contributed by atoms with Gasteiger partial charge >= 0.3 is 0 Å². The van der Waals surface area contributed by atoms with Crippen LogP contribution in [0.1, 0.15) is 29.8 Å². The number of carbonyl (C=O) groups is 1. The standard InChI is InChI=1S/C17H18O2S/c1-13(18)14-7-6-10-16(11-14)20-12-17(2,19)15-8-4-3-5-9-15/h3-11,19H,12H2,1-2H3. The lowest BCUT2D eigenvalue weighted by Crippen LogP contribution is -2.24. The molecule has 0 bridgehead atoms. The lowest BCUT2D eigenvalue weighted by atomic mass is 9.99. The highest BCUT2D eigenvalue weighted by Gasteiger charge is 2.22. The molecule has 0 spiro atoms. The fraction of sp³-hybridized carbons (Fsp3) is 0.235. The molecule has 2 aromatic rings. The van der Waals surface area contributed by atoms with E-state index >= 15 is 0 Å². The lowest BCUT2D eigenvalue weighted by molar-refractivity contribution is 0.0839. The molecule has 0 fully saturated rings. The van der Waals surface area contributed by atoms with E-state index in [9.17, 15) is 9.90 Å². The predicted octanol–water partition coefficient (Wildman–Crippen LogP) is 3.89. The maximum Gasteiger partial charge on any atom is 0.159 e. The summed E-state index contributed by atoms with van der Waals surface area (Å²) in [6.07, 6.45) is 0. The van der Waals surface area contributed by atoms with Gasteiger partial charge < -0.3 is 5.11 Å². The normalized spacial score (nSPS) is 13.8. The molecule has 0 saturated carbocycles. The van der Waals surface area contributed by atoms with Crippen LogP contribution in [-0.2, 0) is 5.60 Å². The van der Waals surface area contributed by atoms with Gasteiger partial charge in [-0.3, -0.25) is 4.79 Å². The number of aliphatic hydroxyl groups is 1. The Kier molecular flexibility index (Phi) is 4.63. The molecule has 0 saturated heterocycles. The summed E-state index contributed by atoms with van der Waals surface area (Å²) in [4.78, 5) is 12.4. The van der Waals surface area contributed by atoms with Crippen LogP contribution in [-0.4, -0.2) is 16.6 Å². The van der Waals surface area contributed by atoms with Gasteiger partial charge in [0.15, 0.2) is 5.78 Å². The molecule has 1 N–H and O–H groups in total. The number of carbonyl (C=O) groups excluding carboxylic acids is 1. The van der Waals surface area contributed by atoms with E-state index in [1.54, 1.807) is 18.7 Å². The highest BCUT2D eigenvalue weighted by atomic mass is 32.2. The average molecular weight is 286 g/mol. The summed E-state index contributed by atoms with van der Waals surface area (Å²) < 4.78 is 0. The van der Waals surface area contributed by atoms with Crippen LogP contribution in [0.3, 0.4) is 0 Å². The largest absolute Gasteiger partial charge is 0.385 e. The first-order valence-corrected chi connectivity index (χ1v) is 7.49. The summed E-state index contributed by atoms with van der Waals surface area (Å²) >= 11 is 1.55. The van der Waals surface area contributed by atoms with E-state index in [0.29, 0.717) is 11.3 Å². The topological polar surface area (TPSA) is 37.3 Å². The van der Waals surface area contributed by atoms with E-state index in [1.807, 2.05) is 61.5 Å². The second kappa shape index (κ2) is 6.25. The van der Waals surface area contributed by atoms with Gasteiger partial charge in [0.2, 0.25) is 0 Å². The third kappa shape index (κ3) is 3.71. The number of hydrogen-bond acceptors (Lipinski definition) is 3. The molecule has 1 atom stereocenters. The fourth-order valence-electron chi connectivity index (χ4n) is 1.91. The smallest absolute Gasteiger partial charge is 0.159 e. The zero-order valence-electron chi connectivity index (χ0n) is 11.7. The van der Waals surface area contributed by atoms with Crippen molar-refractivity contribution in [3.05, 3.63) is 65.7 Å². The van der Waals surface area contributed by atoms with Gasteiger partial charge in [-0.25, -0.2) is 0 Å². The molecule has 2 rings (SSSR count). The summed E-state index contributed by atoms with van der Waals surface area (Å²) in [5, 5.41) is 10.5. The monoisotopic (exact) mass is 286 g/mol. The molecule has 0 heterocycles. The summed E-state index contributed by atoms with van der Waals surface area (Å²) in [5.41, 5.74) is 0.711. The first kappa shape index (κ1) is 14.8. The Morgan fingerprint density at radius 1 is 1.15 bits per heavy atom. The molecule has 0 radical (unpaired) electrons. The Morgan fingerprint density at radius 2 is 1.85 bits per heavy atom. The Balaban J connectivity index is 2.08. The molecule has 0 aliphatic rings. The minimum atomic E-state index is -0.891. The van der Waals surface area contributed by atoms with Crippen molar-refractivity contribution in [2.75, 3.05) is 5.75 Å². The number of benzene rings is 2. The van der Waals surface area contributed by atoms with Crippen molar-refractivity contribution in [2.24, 2.45) is 0 Å². The minimum Gasteiger partial charge on any atom is -0.385 e. The van der Waals surface area contributed by atoms with Crippen LogP contribution in [0.4, 0.5) is 0 Å². The number of ketones is 1. The fourth-order valence-corrected chi connectivity index (χ4v) is 2.91. The van der Waals surface area contributed by atoms with Crippen LogP contribution < -0.4 is 0 Å². The molecule has 0 aliphatic carbocycles. The van der Waals surface area contributed by atoms with Crippen molar-refractivity contribution in [3.8, 4) is 0 Å². The molecule has 3 heteroatoms. The van der Waals surface area contributed by atoms with E-state index in [4.69, 9.17) is 0 Å². The van der Waals surface area contributed by atoms with Gasteiger partial charge in [-0.15, -0.1) is 11.8 Å². The molecule has 1 unspecified atom stereocenters. The molecule has 2 aromatic carbocycles. The van der Waals surface area contributed by atoms with E-state index in [1.165, 1.54) is 0 Å². The van der Waals surface area contributed by atoms with Crippen LogP contribution >= 0.6 is 11.8 Å². The van der Waals surface area contributed by atoms with E-state index in [2.05, 4.69) is 0 Å². The first-order valence-electron chi connectivity index (χ1n) is 6.51. The van der Waals surface area contributed by atoms with Gasteiger partial charge in [-0.1, -0.05) is 42.5 Å². The zero-order chi connectivity index (χ0) is 14.6. The van der Waals surface area contributed by atoms with Crippen molar-refractivity contribution in [3.63, 3.8) is 0 Å². The molecular weight excluding hydrogens is 268 g/mol. The average Bonchev–Trinajstić information content (AvgIpc) is 2.46. The number of thioether (sulfide) groups is 1. The third-order valence-electron chi connectivity index (χ3n) is 3.16. The van der Waals surface area contributed by atoms with Crippen molar-refractivity contribution >= 4 is 17.5 Å². The van der Waals surface area contributed by atoms with Gasteiger partial charge in [0, 0.05) is 16.2 Å². The van der Waals surface area contributed by atoms with Crippen LogP contribution in [0.25, 0.3) is 0 Å². The van der Waals surface area contributed by atoms with Crippen LogP contribution in [0.15, 0.2) is 59.5 Å². The molecule has 104 valence electrons. The van der Waals surface area contributed by atoms with Crippen LogP contribution in [0.2, 0.25) is 0 Å². The number of Topliss-reactive ketones (excluding diaryl/α,β-unsaturated/α-hetero) is 1. The van der Waals surface area contributed by atoms with E-state index in [0.717, 1.165) is 10.5 Å². The highest BCUT2D eigenvalue weighted by Crippen LogP contribution is 2.29.